The minimum absolute atomic E-state index is 0.123. The predicted molar refractivity (Wildman–Crippen MR) is 44.3 cm³/mol. The minimum atomic E-state index is -0.397. The second kappa shape index (κ2) is 4.06. The number of hydrogen-bond acceptors (Lipinski definition) is 4. The van der Waals surface area contributed by atoms with Crippen molar-refractivity contribution in [2.45, 2.75) is 12.9 Å². The van der Waals surface area contributed by atoms with E-state index < -0.39 is 7.05 Å². The zero-order chi connectivity index (χ0) is 8.27. The number of piperazine rings is 1. The first-order valence-corrected chi connectivity index (χ1v) is 4.00. The van der Waals surface area contributed by atoms with Gasteiger partial charge in [0.15, 0.2) is 0 Å². The lowest BCUT2D eigenvalue weighted by molar-refractivity contribution is 0.186. The number of rotatable bonds is 2. The largest absolute Gasteiger partial charge is 0.437 e. The molecular weight excluding hydrogens is 143 g/mol. The van der Waals surface area contributed by atoms with E-state index in [1.165, 1.54) is 0 Å². The molecule has 0 saturated carbocycles. The van der Waals surface area contributed by atoms with Crippen LogP contribution in [-0.4, -0.2) is 54.3 Å². The van der Waals surface area contributed by atoms with Gasteiger partial charge < -0.3 is 20.3 Å². The maximum atomic E-state index is 9.21. The molecule has 0 aromatic carbocycles. The molecule has 1 heterocycles. The van der Waals surface area contributed by atoms with Crippen LogP contribution >= 0.6 is 0 Å². The summed E-state index contributed by atoms with van der Waals surface area (Å²) in [5.41, 5.74) is 0. The molecule has 1 aliphatic rings. The number of nitrogens with one attached hydrogen (secondary N) is 1. The van der Waals surface area contributed by atoms with Crippen molar-refractivity contribution in [3.63, 3.8) is 0 Å². The third-order valence-corrected chi connectivity index (χ3v) is 2.04. The third kappa shape index (κ3) is 2.45. The summed E-state index contributed by atoms with van der Waals surface area (Å²) in [7, 11) is -0.397. The van der Waals surface area contributed by atoms with Gasteiger partial charge in [0.2, 0.25) is 0 Å². The first kappa shape index (κ1) is 9.00. The van der Waals surface area contributed by atoms with Crippen LogP contribution in [0.25, 0.3) is 0 Å². The number of aliphatic hydroxyl groups is 1. The van der Waals surface area contributed by atoms with E-state index in [1.54, 1.807) is 6.82 Å². The molecule has 0 aromatic heterocycles. The van der Waals surface area contributed by atoms with Gasteiger partial charge in [-0.05, 0) is 6.82 Å². The highest BCUT2D eigenvalue weighted by Crippen LogP contribution is 1.99. The average Bonchev–Trinajstić information content (AvgIpc) is 2.05. The lowest BCUT2D eigenvalue weighted by Crippen LogP contribution is -2.56. The van der Waals surface area contributed by atoms with Crippen LogP contribution in [0.1, 0.15) is 0 Å². The van der Waals surface area contributed by atoms with Gasteiger partial charge in [0, 0.05) is 25.7 Å². The van der Waals surface area contributed by atoms with Crippen molar-refractivity contribution in [1.82, 2.24) is 10.1 Å². The van der Waals surface area contributed by atoms with Gasteiger partial charge in [0.25, 0.3) is 0 Å². The van der Waals surface area contributed by atoms with Gasteiger partial charge in [-0.25, -0.2) is 0 Å². The molecule has 1 atom stereocenters. The molecule has 0 bridgehead atoms. The lowest BCUT2D eigenvalue weighted by Gasteiger charge is -2.33. The van der Waals surface area contributed by atoms with E-state index in [4.69, 9.17) is 5.11 Å². The van der Waals surface area contributed by atoms with Crippen LogP contribution in [0, 0.1) is 0 Å². The van der Waals surface area contributed by atoms with Gasteiger partial charge in [0.1, 0.15) is 0 Å². The quantitative estimate of drug-likeness (QED) is 0.422. The molecule has 0 spiro atoms. The van der Waals surface area contributed by atoms with E-state index >= 15 is 0 Å². The van der Waals surface area contributed by atoms with Gasteiger partial charge in [-0.2, -0.15) is 0 Å². The van der Waals surface area contributed by atoms with Gasteiger partial charge in [-0.3, -0.25) is 0 Å². The van der Waals surface area contributed by atoms with Crippen molar-refractivity contribution in [1.29, 1.82) is 0 Å². The molecule has 64 valence electrons. The smallest absolute Gasteiger partial charge is 0.376 e. The van der Waals surface area contributed by atoms with Crippen molar-refractivity contribution in [3.8, 4) is 0 Å². The molecule has 11 heavy (non-hydrogen) atoms. The summed E-state index contributed by atoms with van der Waals surface area (Å²) in [4.78, 5) is 1.94. The van der Waals surface area contributed by atoms with Crippen LogP contribution < -0.4 is 5.32 Å². The summed E-state index contributed by atoms with van der Waals surface area (Å²) in [5.74, 6) is 0. The number of hydrogen-bond donors (Lipinski definition) is 3. The van der Waals surface area contributed by atoms with Crippen LogP contribution in [0.5, 0.6) is 0 Å². The molecule has 1 unspecified atom stereocenters. The Kier molecular flexibility index (Phi) is 3.32. The van der Waals surface area contributed by atoms with E-state index in [9.17, 15) is 5.02 Å². The maximum absolute atomic E-state index is 9.21. The zero-order valence-corrected chi connectivity index (χ0v) is 6.82. The SMILES string of the molecule is CB(O)N1CCNC(CO)C1. The Morgan fingerprint density at radius 1 is 1.73 bits per heavy atom. The second-order valence-electron chi connectivity index (χ2n) is 2.96. The Morgan fingerprint density at radius 2 is 2.45 bits per heavy atom. The van der Waals surface area contributed by atoms with Gasteiger partial charge in [0.05, 0.1) is 6.61 Å². The van der Waals surface area contributed by atoms with E-state index in [1.807, 2.05) is 4.81 Å². The van der Waals surface area contributed by atoms with Crippen LogP contribution in [0.4, 0.5) is 0 Å². The fourth-order valence-electron chi connectivity index (χ4n) is 1.31. The molecule has 1 aliphatic heterocycles. The third-order valence-electron chi connectivity index (χ3n) is 2.04. The Bertz CT molecular complexity index is 123. The van der Waals surface area contributed by atoms with Crippen LogP contribution in [0.15, 0.2) is 0 Å². The maximum Gasteiger partial charge on any atom is 0.376 e. The van der Waals surface area contributed by atoms with Crippen molar-refractivity contribution in [3.05, 3.63) is 0 Å². The Morgan fingerprint density at radius 3 is 3.00 bits per heavy atom. The summed E-state index contributed by atoms with van der Waals surface area (Å²) < 4.78 is 0. The molecule has 0 aromatic rings. The molecular formula is C6H15BN2O2. The van der Waals surface area contributed by atoms with Crippen LogP contribution in [0.2, 0.25) is 6.82 Å². The predicted octanol–water partition coefficient (Wildman–Crippen LogP) is -1.64. The standard InChI is InChI=1S/C6H15BN2O2/c1-7(11)9-3-2-8-6(4-9)5-10/h6,8,10-11H,2-5H2,1H3. The zero-order valence-electron chi connectivity index (χ0n) is 6.82. The van der Waals surface area contributed by atoms with Crippen molar-refractivity contribution in [2.75, 3.05) is 26.2 Å². The Balaban J connectivity index is 2.33. The summed E-state index contributed by atoms with van der Waals surface area (Å²) >= 11 is 0. The second-order valence-corrected chi connectivity index (χ2v) is 2.96. The normalized spacial score (nSPS) is 27.0. The summed E-state index contributed by atoms with van der Waals surface area (Å²) in [6.07, 6.45) is 0. The van der Waals surface area contributed by atoms with E-state index in [0.717, 1.165) is 19.6 Å². The molecule has 1 saturated heterocycles. The fraction of sp³-hybridized carbons (Fsp3) is 1.00. The van der Waals surface area contributed by atoms with Crippen LogP contribution in [-0.2, 0) is 0 Å². The molecule has 3 N–H and O–H groups in total. The minimum Gasteiger partial charge on any atom is -0.437 e. The highest BCUT2D eigenvalue weighted by molar-refractivity contribution is 6.45. The lowest BCUT2D eigenvalue weighted by atomic mass is 9.84. The van der Waals surface area contributed by atoms with Gasteiger partial charge >= 0.3 is 7.05 Å². The number of aliphatic hydroxyl groups excluding tert-OH is 1. The first-order valence-electron chi connectivity index (χ1n) is 4.00. The first-order chi connectivity index (χ1) is 5.24. The molecule has 0 radical (unpaired) electrons. The van der Waals surface area contributed by atoms with Gasteiger partial charge in [-0.1, -0.05) is 0 Å². The van der Waals surface area contributed by atoms with E-state index in [2.05, 4.69) is 5.32 Å². The van der Waals surface area contributed by atoms with Gasteiger partial charge in [-0.15, -0.1) is 0 Å². The molecule has 1 fully saturated rings. The highest BCUT2D eigenvalue weighted by atomic mass is 16.3. The van der Waals surface area contributed by atoms with E-state index in [-0.39, 0.29) is 12.6 Å². The molecule has 5 heteroatoms. The fourth-order valence-corrected chi connectivity index (χ4v) is 1.31. The van der Waals surface area contributed by atoms with Crippen molar-refractivity contribution in [2.24, 2.45) is 0 Å². The highest BCUT2D eigenvalue weighted by Gasteiger charge is 2.23. The topological polar surface area (TPSA) is 55.7 Å². The van der Waals surface area contributed by atoms with E-state index in [0.29, 0.717) is 0 Å². The average molecular weight is 158 g/mol. The Labute approximate surface area is 67.3 Å². The molecule has 1 rings (SSSR count). The van der Waals surface area contributed by atoms with Crippen molar-refractivity contribution >= 4 is 7.05 Å². The Hall–Kier alpha value is -0.0951. The molecule has 0 aliphatic carbocycles. The summed E-state index contributed by atoms with van der Waals surface area (Å²) in [5, 5.41) is 21.2. The van der Waals surface area contributed by atoms with Crippen LogP contribution in [0.3, 0.4) is 0 Å². The summed E-state index contributed by atoms with van der Waals surface area (Å²) in [6, 6.07) is 0.123. The molecule has 0 amide bonds. The molecule has 4 nitrogen and oxygen atoms in total. The number of nitrogens with zero attached hydrogens (tertiary/aromatic N) is 1. The monoisotopic (exact) mass is 158 g/mol. The summed E-state index contributed by atoms with van der Waals surface area (Å²) in [6.45, 7) is 4.32. The van der Waals surface area contributed by atoms with Crippen molar-refractivity contribution < 1.29 is 10.1 Å².